The second-order valence-corrected chi connectivity index (χ2v) is 8.82. The molecule has 0 unspecified atom stereocenters. The van der Waals surface area contributed by atoms with Gasteiger partial charge in [-0.2, -0.15) is 0 Å². The average molecular weight is 462 g/mol. The van der Waals surface area contributed by atoms with Gasteiger partial charge in [0.1, 0.15) is 29.5 Å². The minimum absolute atomic E-state index is 0.0999. The van der Waals surface area contributed by atoms with E-state index in [1.165, 1.54) is 0 Å². The molecule has 1 aromatic heterocycles. The zero-order valence-corrected chi connectivity index (χ0v) is 19.3. The van der Waals surface area contributed by atoms with Crippen LogP contribution in [0.15, 0.2) is 65.1 Å². The van der Waals surface area contributed by atoms with Gasteiger partial charge in [0.15, 0.2) is 0 Å². The van der Waals surface area contributed by atoms with Crippen molar-refractivity contribution >= 4 is 16.9 Å². The quantitative estimate of drug-likeness (QED) is 0.314. The molecule has 1 heterocycles. The van der Waals surface area contributed by atoms with Crippen LogP contribution >= 0.6 is 0 Å². The number of benzene rings is 3. The summed E-state index contributed by atoms with van der Waals surface area (Å²) in [6.07, 6.45) is 0.645. The number of carboxylic acids is 1. The topological polar surface area (TPSA) is 85.7 Å². The number of nitrogens with two attached hydrogens (primary N) is 1. The van der Waals surface area contributed by atoms with Crippen LogP contribution in [0, 0.1) is 11.7 Å². The number of hydrogen-bond donors (Lipinski definition) is 2. The molecule has 176 valence electrons. The zero-order chi connectivity index (χ0) is 24.2. The van der Waals surface area contributed by atoms with Crippen LogP contribution in [0.1, 0.15) is 36.3 Å². The van der Waals surface area contributed by atoms with Crippen LogP contribution in [-0.2, 0) is 30.8 Å². The van der Waals surface area contributed by atoms with Gasteiger partial charge in [-0.05, 0) is 35.7 Å². The van der Waals surface area contributed by atoms with Gasteiger partial charge >= 0.3 is 5.97 Å². The van der Waals surface area contributed by atoms with E-state index in [1.807, 2.05) is 18.2 Å². The van der Waals surface area contributed by atoms with Crippen LogP contribution < -0.4 is 10.5 Å². The molecular formula is C28H28FNO4. The van der Waals surface area contributed by atoms with Crippen molar-refractivity contribution in [2.45, 2.75) is 39.8 Å². The molecule has 0 saturated carbocycles. The first-order valence-electron chi connectivity index (χ1n) is 11.3. The molecular weight excluding hydrogens is 433 g/mol. The molecule has 0 bridgehead atoms. The lowest BCUT2D eigenvalue weighted by molar-refractivity contribution is -0.136. The monoisotopic (exact) mass is 461 g/mol. The fraction of sp³-hybridized carbons (Fsp3) is 0.250. The van der Waals surface area contributed by atoms with Crippen molar-refractivity contribution in [1.82, 2.24) is 0 Å². The minimum Gasteiger partial charge on any atom is -0.489 e. The largest absolute Gasteiger partial charge is 0.489 e. The van der Waals surface area contributed by atoms with Crippen molar-refractivity contribution in [2.75, 3.05) is 0 Å². The van der Waals surface area contributed by atoms with Crippen molar-refractivity contribution in [3.63, 3.8) is 0 Å². The molecule has 5 nitrogen and oxygen atoms in total. The second-order valence-electron chi connectivity index (χ2n) is 8.82. The molecule has 0 aliphatic rings. The van der Waals surface area contributed by atoms with E-state index in [9.17, 15) is 9.90 Å². The second kappa shape index (κ2) is 10.1. The smallest absolute Gasteiger partial charge is 0.307 e. The van der Waals surface area contributed by atoms with Gasteiger partial charge in [-0.15, -0.1) is 0 Å². The fourth-order valence-electron chi connectivity index (χ4n) is 4.12. The Kier molecular flexibility index (Phi) is 6.98. The van der Waals surface area contributed by atoms with Crippen LogP contribution in [-0.4, -0.2) is 11.1 Å². The maximum atomic E-state index is 15.3. The number of aliphatic carboxylic acids is 1. The highest BCUT2D eigenvalue weighted by Crippen LogP contribution is 2.36. The number of furan rings is 1. The summed E-state index contributed by atoms with van der Waals surface area (Å²) in [4.78, 5) is 11.2. The fourth-order valence-corrected chi connectivity index (χ4v) is 4.12. The molecule has 0 radical (unpaired) electrons. The first kappa shape index (κ1) is 23.5. The lowest BCUT2D eigenvalue weighted by Crippen LogP contribution is -2.04. The number of fused-ring (bicyclic) bond motifs is 1. The van der Waals surface area contributed by atoms with E-state index in [1.54, 1.807) is 42.5 Å². The van der Waals surface area contributed by atoms with E-state index in [-0.39, 0.29) is 25.4 Å². The zero-order valence-electron chi connectivity index (χ0n) is 19.3. The van der Waals surface area contributed by atoms with Gasteiger partial charge in [0.05, 0.1) is 6.42 Å². The lowest BCUT2D eigenvalue weighted by Gasteiger charge is -2.13. The molecule has 0 aliphatic carbocycles. The van der Waals surface area contributed by atoms with E-state index < -0.39 is 5.97 Å². The van der Waals surface area contributed by atoms with E-state index in [0.29, 0.717) is 39.5 Å². The number of para-hydroxylation sites is 1. The van der Waals surface area contributed by atoms with Crippen molar-refractivity contribution in [2.24, 2.45) is 11.7 Å². The molecule has 4 aromatic rings. The van der Waals surface area contributed by atoms with Crippen molar-refractivity contribution in [3.05, 3.63) is 88.9 Å². The predicted molar refractivity (Wildman–Crippen MR) is 130 cm³/mol. The summed E-state index contributed by atoms with van der Waals surface area (Å²) in [5, 5.41) is 10.0. The summed E-state index contributed by atoms with van der Waals surface area (Å²) in [7, 11) is 0. The van der Waals surface area contributed by atoms with E-state index in [0.717, 1.165) is 23.1 Å². The number of halogens is 1. The van der Waals surface area contributed by atoms with Crippen LogP contribution in [0.25, 0.3) is 22.1 Å². The Morgan fingerprint density at radius 3 is 2.56 bits per heavy atom. The molecule has 0 saturated heterocycles. The highest BCUT2D eigenvalue weighted by atomic mass is 19.1. The van der Waals surface area contributed by atoms with Crippen molar-refractivity contribution in [3.8, 4) is 16.9 Å². The summed E-state index contributed by atoms with van der Waals surface area (Å²) in [6, 6.07) is 18.1. The number of hydrogen-bond acceptors (Lipinski definition) is 4. The highest BCUT2D eigenvalue weighted by molar-refractivity contribution is 5.94. The Balaban J connectivity index is 1.76. The number of ether oxygens (including phenoxy) is 1. The molecule has 6 heteroatoms. The molecule has 0 amide bonds. The van der Waals surface area contributed by atoms with E-state index in [2.05, 4.69) is 13.8 Å². The average Bonchev–Trinajstić information content (AvgIpc) is 3.19. The summed E-state index contributed by atoms with van der Waals surface area (Å²) in [6.45, 7) is 4.53. The van der Waals surface area contributed by atoms with Crippen LogP contribution in [0.3, 0.4) is 0 Å². The summed E-state index contributed by atoms with van der Waals surface area (Å²) < 4.78 is 27.4. The third-order valence-corrected chi connectivity index (χ3v) is 5.63. The maximum absolute atomic E-state index is 15.3. The van der Waals surface area contributed by atoms with Crippen molar-refractivity contribution in [1.29, 1.82) is 0 Å². The summed E-state index contributed by atoms with van der Waals surface area (Å²) >= 11 is 0. The first-order chi connectivity index (χ1) is 16.4. The van der Waals surface area contributed by atoms with Crippen LogP contribution in [0.2, 0.25) is 0 Å². The molecule has 0 fully saturated rings. The van der Waals surface area contributed by atoms with E-state index >= 15 is 4.39 Å². The third-order valence-electron chi connectivity index (χ3n) is 5.63. The van der Waals surface area contributed by atoms with Gasteiger partial charge in [0.25, 0.3) is 0 Å². The standard InChI is InChI=1S/C28H28FNO4/c1-17(2)10-22-13-21-11-18(16-33-25-9-4-3-6-19(25)14-26(31)32)12-24(28(21)34-22)23-8-5-7-20(15-30)27(23)29/h3-9,11-13,17H,10,14-16,30H2,1-2H3,(H,31,32). The summed E-state index contributed by atoms with van der Waals surface area (Å²) in [5.41, 5.74) is 9.27. The van der Waals surface area contributed by atoms with Gasteiger partial charge < -0.3 is 20.0 Å². The van der Waals surface area contributed by atoms with Gasteiger partial charge in [0.2, 0.25) is 0 Å². The SMILES string of the molecule is CC(C)Cc1cc2cc(COc3ccccc3CC(=O)O)cc(-c3cccc(CN)c3F)c2o1. The van der Waals surface area contributed by atoms with Gasteiger partial charge in [0, 0.05) is 40.6 Å². The van der Waals surface area contributed by atoms with Crippen LogP contribution in [0.4, 0.5) is 4.39 Å². The molecule has 3 N–H and O–H groups in total. The normalized spacial score (nSPS) is 11.3. The van der Waals surface area contributed by atoms with Crippen molar-refractivity contribution < 1.29 is 23.4 Å². The highest BCUT2D eigenvalue weighted by Gasteiger charge is 2.18. The lowest BCUT2D eigenvalue weighted by atomic mass is 9.98. The Labute approximate surface area is 198 Å². The van der Waals surface area contributed by atoms with Gasteiger partial charge in [-0.1, -0.05) is 50.2 Å². The minimum atomic E-state index is -0.925. The Morgan fingerprint density at radius 2 is 1.82 bits per heavy atom. The number of rotatable bonds is 9. The Hall–Kier alpha value is -3.64. The molecule has 4 rings (SSSR count). The molecule has 0 atom stereocenters. The Morgan fingerprint density at radius 1 is 1.06 bits per heavy atom. The van der Waals surface area contributed by atoms with E-state index in [4.69, 9.17) is 14.9 Å². The molecule has 0 spiro atoms. The summed E-state index contributed by atoms with van der Waals surface area (Å²) in [5.74, 6) is 0.473. The number of carboxylic acid groups (broad SMARTS) is 1. The maximum Gasteiger partial charge on any atom is 0.307 e. The molecule has 34 heavy (non-hydrogen) atoms. The predicted octanol–water partition coefficient (Wildman–Crippen LogP) is 6.10. The molecule has 0 aliphatic heterocycles. The Bertz CT molecular complexity index is 1330. The van der Waals surface area contributed by atoms with Gasteiger partial charge in [-0.3, -0.25) is 4.79 Å². The van der Waals surface area contributed by atoms with Gasteiger partial charge in [-0.25, -0.2) is 4.39 Å². The first-order valence-corrected chi connectivity index (χ1v) is 11.3. The molecule has 3 aromatic carbocycles. The van der Waals surface area contributed by atoms with Crippen LogP contribution in [0.5, 0.6) is 5.75 Å². The number of carbonyl (C=O) groups is 1. The third kappa shape index (κ3) is 5.13.